The second-order valence-corrected chi connectivity index (χ2v) is 9.87. The molecule has 1 aliphatic heterocycles. The number of nitrogens with one attached hydrogen (secondary N) is 2. The Morgan fingerprint density at radius 2 is 1.74 bits per heavy atom. The van der Waals surface area contributed by atoms with Gasteiger partial charge in [0.1, 0.15) is 5.56 Å². The monoisotopic (exact) mass is 552 g/mol. The minimum Gasteiger partial charge on any atom is -0.452 e. The molecule has 1 saturated carbocycles. The summed E-state index contributed by atoms with van der Waals surface area (Å²) in [4.78, 5) is 53.0. The normalized spacial score (nSPS) is 19.7. The Bertz CT molecular complexity index is 1560. The molecule has 2 unspecified atom stereocenters. The van der Waals surface area contributed by atoms with Crippen molar-refractivity contribution >= 4 is 46.9 Å². The third-order valence-corrected chi connectivity index (χ3v) is 7.05. The summed E-state index contributed by atoms with van der Waals surface area (Å²) in [6.07, 6.45) is 5.54. The Kier molecular flexibility index (Phi) is 7.31. The third-order valence-electron chi connectivity index (χ3n) is 6.55. The molecule has 5 rings (SSSR count). The van der Waals surface area contributed by atoms with Crippen molar-refractivity contribution in [1.82, 2.24) is 15.0 Å². The number of hydrogen-bond donors (Lipinski definition) is 2. The van der Waals surface area contributed by atoms with Crippen LogP contribution in [0, 0.1) is 5.92 Å². The van der Waals surface area contributed by atoms with Crippen LogP contribution in [0.3, 0.4) is 0 Å². The van der Waals surface area contributed by atoms with Gasteiger partial charge in [0.2, 0.25) is 0 Å². The van der Waals surface area contributed by atoms with Gasteiger partial charge in [-0.25, -0.2) is 14.6 Å². The molecule has 38 heavy (non-hydrogen) atoms. The highest BCUT2D eigenvalue weighted by Crippen LogP contribution is 2.44. The lowest BCUT2D eigenvalue weighted by Gasteiger charge is -2.29. The Morgan fingerprint density at radius 3 is 2.42 bits per heavy atom. The number of allylic oxidation sites excluding steroid dienone is 1. The summed E-state index contributed by atoms with van der Waals surface area (Å²) in [6.45, 7) is -0.638. The number of hydrogen-bond acceptors (Lipinski definition) is 6. The van der Waals surface area contributed by atoms with Gasteiger partial charge in [0.25, 0.3) is 11.5 Å². The summed E-state index contributed by atoms with van der Waals surface area (Å²) in [5, 5.41) is 7.30. The molecule has 3 aromatic rings. The van der Waals surface area contributed by atoms with Gasteiger partial charge < -0.3 is 9.72 Å². The maximum absolute atomic E-state index is 13.4. The minimum absolute atomic E-state index is 0.0647. The average Bonchev–Trinajstić information content (AvgIpc) is 3.30. The van der Waals surface area contributed by atoms with E-state index in [-0.39, 0.29) is 5.92 Å². The zero-order valence-corrected chi connectivity index (χ0v) is 21.5. The number of aromatic amines is 2. The van der Waals surface area contributed by atoms with Gasteiger partial charge in [-0.1, -0.05) is 47.5 Å². The number of carbonyl (C=O) groups excluding carboxylic acids is 2. The number of hydrazone groups is 1. The Balaban J connectivity index is 1.44. The number of fused-ring (bicyclic) bond motifs is 1. The molecule has 1 aliphatic carbocycles. The minimum atomic E-state index is -1.04. The molecular weight excluding hydrogens is 531 g/mol. The largest absolute Gasteiger partial charge is 0.452 e. The maximum Gasteiger partial charge on any atom is 0.345 e. The molecular formula is C27H22Cl2N4O5. The van der Waals surface area contributed by atoms with Gasteiger partial charge in [-0.05, 0) is 66.3 Å². The number of H-pyrrole nitrogens is 2. The molecule has 2 aromatic carbocycles. The van der Waals surface area contributed by atoms with Gasteiger partial charge in [-0.15, -0.1) is 0 Å². The van der Waals surface area contributed by atoms with Crippen molar-refractivity contribution in [1.29, 1.82) is 0 Å². The van der Waals surface area contributed by atoms with Crippen LogP contribution in [-0.2, 0) is 9.53 Å². The van der Waals surface area contributed by atoms with Crippen LogP contribution in [0.5, 0.6) is 0 Å². The Hall–Kier alpha value is -3.95. The zero-order valence-electron chi connectivity index (χ0n) is 19.9. The summed E-state index contributed by atoms with van der Waals surface area (Å²) in [6, 6.07) is 14.3. The maximum atomic E-state index is 13.4. The van der Waals surface area contributed by atoms with Gasteiger partial charge in [0, 0.05) is 22.2 Å². The zero-order chi connectivity index (χ0) is 26.8. The summed E-state index contributed by atoms with van der Waals surface area (Å²) in [5.41, 5.74) is 1.57. The lowest BCUT2D eigenvalue weighted by atomic mass is 9.77. The van der Waals surface area contributed by atoms with E-state index in [9.17, 15) is 19.2 Å². The topological polar surface area (TPSA) is 125 Å². The fourth-order valence-electron chi connectivity index (χ4n) is 4.79. The number of halogens is 2. The van der Waals surface area contributed by atoms with Gasteiger partial charge >= 0.3 is 11.7 Å². The van der Waals surface area contributed by atoms with Crippen LogP contribution in [0.15, 0.2) is 75.0 Å². The SMILES string of the molecule is O=C(OCC(=O)N1N=C2C(=Cc3ccc(Cl)cc3)CCCC2C1c1ccc(Cl)cc1)c1c[nH]c(=O)[nH]c1=O. The van der Waals surface area contributed by atoms with Crippen molar-refractivity contribution in [3.05, 3.63) is 108 Å². The first-order chi connectivity index (χ1) is 18.3. The van der Waals surface area contributed by atoms with E-state index in [1.54, 1.807) is 12.1 Å². The molecule has 0 spiro atoms. The van der Waals surface area contributed by atoms with Gasteiger partial charge in [0.15, 0.2) is 6.61 Å². The van der Waals surface area contributed by atoms with Crippen molar-refractivity contribution < 1.29 is 14.3 Å². The molecule has 194 valence electrons. The van der Waals surface area contributed by atoms with E-state index in [2.05, 4.69) is 11.1 Å². The van der Waals surface area contributed by atoms with E-state index in [4.69, 9.17) is 33.0 Å². The van der Waals surface area contributed by atoms with E-state index in [0.29, 0.717) is 10.0 Å². The molecule has 2 heterocycles. The highest BCUT2D eigenvalue weighted by atomic mass is 35.5. The molecule has 1 fully saturated rings. The molecule has 1 amide bonds. The Morgan fingerprint density at radius 1 is 1.05 bits per heavy atom. The molecule has 2 aliphatic rings. The third kappa shape index (κ3) is 5.34. The fourth-order valence-corrected chi connectivity index (χ4v) is 5.05. The van der Waals surface area contributed by atoms with Crippen molar-refractivity contribution in [2.45, 2.75) is 25.3 Å². The van der Waals surface area contributed by atoms with Crippen molar-refractivity contribution in [2.24, 2.45) is 11.0 Å². The molecule has 1 aromatic heterocycles. The first kappa shape index (κ1) is 25.7. The van der Waals surface area contributed by atoms with E-state index in [0.717, 1.165) is 47.9 Å². The number of amides is 1. The fraction of sp³-hybridized carbons (Fsp3) is 0.222. The van der Waals surface area contributed by atoms with Crippen molar-refractivity contribution in [2.75, 3.05) is 6.61 Å². The molecule has 11 heteroatoms. The molecule has 2 atom stereocenters. The second-order valence-electron chi connectivity index (χ2n) is 9.00. The van der Waals surface area contributed by atoms with Crippen LogP contribution in [-0.4, -0.2) is 39.2 Å². The lowest BCUT2D eigenvalue weighted by Crippen LogP contribution is -2.35. The van der Waals surface area contributed by atoms with Gasteiger partial charge in [-0.3, -0.25) is 14.6 Å². The van der Waals surface area contributed by atoms with Crippen molar-refractivity contribution in [3.63, 3.8) is 0 Å². The first-order valence-corrected chi connectivity index (χ1v) is 12.7. The number of carbonyl (C=O) groups is 2. The number of benzene rings is 2. The number of rotatable bonds is 5. The van der Waals surface area contributed by atoms with Crippen LogP contribution in [0.25, 0.3) is 6.08 Å². The van der Waals surface area contributed by atoms with Crippen LogP contribution in [0.1, 0.15) is 46.8 Å². The predicted molar refractivity (Wildman–Crippen MR) is 143 cm³/mol. The van der Waals surface area contributed by atoms with Crippen LogP contribution < -0.4 is 11.2 Å². The lowest BCUT2D eigenvalue weighted by molar-refractivity contribution is -0.137. The second kappa shape index (κ2) is 10.8. The predicted octanol–water partition coefficient (Wildman–Crippen LogP) is 4.35. The average molecular weight is 553 g/mol. The summed E-state index contributed by atoms with van der Waals surface area (Å²) < 4.78 is 5.12. The highest BCUT2D eigenvalue weighted by molar-refractivity contribution is 6.30. The quantitative estimate of drug-likeness (QED) is 0.455. The number of esters is 1. The first-order valence-electron chi connectivity index (χ1n) is 11.9. The van der Waals surface area contributed by atoms with Crippen LogP contribution >= 0.6 is 23.2 Å². The highest BCUT2D eigenvalue weighted by Gasteiger charge is 2.43. The standard InChI is InChI=1S/C27H22Cl2N4O5/c28-18-8-4-15(5-9-18)12-17-2-1-3-20-23(17)32-33(24(20)16-6-10-19(29)11-7-16)22(34)14-38-26(36)21-13-30-27(37)31-25(21)35/h4-13,20,24H,1-3,14H2,(H2,30,31,35,37). The van der Waals surface area contributed by atoms with Gasteiger partial charge in [0.05, 0.1) is 11.8 Å². The number of aromatic nitrogens is 2. The van der Waals surface area contributed by atoms with Gasteiger partial charge in [-0.2, -0.15) is 5.10 Å². The smallest absolute Gasteiger partial charge is 0.345 e. The molecule has 0 bridgehead atoms. The molecule has 9 nitrogen and oxygen atoms in total. The number of nitrogens with zero attached hydrogens (tertiary/aromatic N) is 2. The Labute approximate surface area is 226 Å². The van der Waals surface area contributed by atoms with E-state index in [1.807, 2.05) is 41.4 Å². The summed E-state index contributed by atoms with van der Waals surface area (Å²) in [7, 11) is 0. The van der Waals surface area contributed by atoms with Crippen LogP contribution in [0.4, 0.5) is 0 Å². The van der Waals surface area contributed by atoms with E-state index in [1.165, 1.54) is 5.01 Å². The molecule has 0 saturated heterocycles. The molecule has 2 N–H and O–H groups in total. The summed E-state index contributed by atoms with van der Waals surface area (Å²) >= 11 is 12.1. The van der Waals surface area contributed by atoms with E-state index >= 15 is 0 Å². The number of ether oxygens (including phenoxy) is 1. The van der Waals surface area contributed by atoms with Crippen molar-refractivity contribution in [3.8, 4) is 0 Å². The van der Waals surface area contributed by atoms with Crippen LogP contribution in [0.2, 0.25) is 10.0 Å². The summed E-state index contributed by atoms with van der Waals surface area (Å²) in [5.74, 6) is -1.65. The molecule has 0 radical (unpaired) electrons. The van der Waals surface area contributed by atoms with E-state index < -0.39 is 41.3 Å².